The van der Waals surface area contributed by atoms with E-state index in [4.69, 9.17) is 5.73 Å². The Bertz CT molecular complexity index is 122. The Labute approximate surface area is 69.0 Å². The molecule has 52 valence electrons. The van der Waals surface area contributed by atoms with Crippen molar-refractivity contribution in [1.82, 2.24) is 5.32 Å². The minimum atomic E-state index is 0.599. The zero-order valence-corrected chi connectivity index (χ0v) is 7.39. The third-order valence-corrected chi connectivity index (χ3v) is 2.47. The number of hydrogen-bond acceptors (Lipinski definition) is 2. The van der Waals surface area contributed by atoms with E-state index in [1.54, 1.807) is 0 Å². The van der Waals surface area contributed by atoms with Gasteiger partial charge in [0, 0.05) is 25.6 Å². The van der Waals surface area contributed by atoms with Crippen LogP contribution in [-0.2, 0) is 0 Å². The molecule has 3 N–H and O–H groups in total. The molecule has 0 aliphatic carbocycles. The fourth-order valence-electron chi connectivity index (χ4n) is 1.03. The molecule has 0 bridgehead atoms. The van der Waals surface area contributed by atoms with Gasteiger partial charge >= 0.3 is 0 Å². The standard InChI is InChI=1S/C6H11IN2/c7-1-5-3-9-4-6(5)2-8/h1,6,9H,2-4,8H2/b5-1-. The van der Waals surface area contributed by atoms with E-state index in [1.165, 1.54) is 5.57 Å². The average molecular weight is 238 g/mol. The summed E-state index contributed by atoms with van der Waals surface area (Å²) in [5, 5.41) is 3.27. The van der Waals surface area contributed by atoms with E-state index < -0.39 is 0 Å². The Morgan fingerprint density at radius 1 is 1.89 bits per heavy atom. The van der Waals surface area contributed by atoms with Gasteiger partial charge in [0.1, 0.15) is 0 Å². The van der Waals surface area contributed by atoms with Crippen LogP contribution in [-0.4, -0.2) is 19.6 Å². The molecule has 1 fully saturated rings. The van der Waals surface area contributed by atoms with Crippen molar-refractivity contribution in [3.8, 4) is 0 Å². The molecule has 1 aliphatic heterocycles. The van der Waals surface area contributed by atoms with Gasteiger partial charge in [-0.1, -0.05) is 22.6 Å². The fraction of sp³-hybridized carbons (Fsp3) is 0.667. The molecule has 1 saturated heterocycles. The summed E-state index contributed by atoms with van der Waals surface area (Å²) >= 11 is 2.27. The van der Waals surface area contributed by atoms with Crippen LogP contribution < -0.4 is 11.1 Å². The van der Waals surface area contributed by atoms with Gasteiger partial charge in [-0.2, -0.15) is 0 Å². The first-order valence-electron chi connectivity index (χ1n) is 3.08. The van der Waals surface area contributed by atoms with Crippen LogP contribution in [0.4, 0.5) is 0 Å². The van der Waals surface area contributed by atoms with Gasteiger partial charge in [-0.25, -0.2) is 0 Å². The first-order valence-corrected chi connectivity index (χ1v) is 4.33. The average Bonchev–Trinajstić information content (AvgIpc) is 2.33. The highest BCUT2D eigenvalue weighted by Crippen LogP contribution is 2.15. The molecule has 0 aromatic rings. The maximum atomic E-state index is 5.52. The Kier molecular flexibility index (Phi) is 2.94. The van der Waals surface area contributed by atoms with E-state index in [0.717, 1.165) is 19.6 Å². The lowest BCUT2D eigenvalue weighted by atomic mass is 10.1. The molecular weight excluding hydrogens is 227 g/mol. The van der Waals surface area contributed by atoms with Crippen LogP contribution in [0, 0.1) is 5.92 Å². The number of nitrogens with one attached hydrogen (secondary N) is 1. The highest BCUT2D eigenvalue weighted by Gasteiger charge is 2.17. The smallest absolute Gasteiger partial charge is 0.0176 e. The second-order valence-corrected chi connectivity index (χ2v) is 2.87. The normalized spacial score (nSPS) is 31.8. The molecule has 0 spiro atoms. The molecule has 0 amide bonds. The maximum absolute atomic E-state index is 5.52. The van der Waals surface area contributed by atoms with Crippen molar-refractivity contribution < 1.29 is 0 Å². The summed E-state index contributed by atoms with van der Waals surface area (Å²) in [5.74, 6) is 0.599. The lowest BCUT2D eigenvalue weighted by Crippen LogP contribution is -2.17. The Hall–Kier alpha value is 0.390. The number of hydrogen-bond donors (Lipinski definition) is 2. The molecule has 9 heavy (non-hydrogen) atoms. The molecule has 1 rings (SSSR count). The Morgan fingerprint density at radius 2 is 2.67 bits per heavy atom. The SMILES string of the molecule is NCC1CNC/C1=C/I. The lowest BCUT2D eigenvalue weighted by Gasteiger charge is -2.04. The van der Waals surface area contributed by atoms with Gasteiger partial charge < -0.3 is 11.1 Å². The summed E-state index contributed by atoms with van der Waals surface area (Å²) in [6.45, 7) is 2.87. The third-order valence-electron chi connectivity index (χ3n) is 1.67. The largest absolute Gasteiger partial charge is 0.330 e. The monoisotopic (exact) mass is 238 g/mol. The highest BCUT2D eigenvalue weighted by atomic mass is 127. The molecule has 2 nitrogen and oxygen atoms in total. The first-order chi connectivity index (χ1) is 4.38. The molecule has 0 aromatic heterocycles. The zero-order chi connectivity index (χ0) is 6.69. The Morgan fingerprint density at radius 3 is 3.11 bits per heavy atom. The van der Waals surface area contributed by atoms with Gasteiger partial charge in [-0.05, 0) is 9.66 Å². The van der Waals surface area contributed by atoms with Crippen molar-refractivity contribution in [3.05, 3.63) is 9.66 Å². The van der Waals surface area contributed by atoms with Gasteiger partial charge in [0.15, 0.2) is 0 Å². The number of rotatable bonds is 1. The molecule has 1 aliphatic rings. The highest BCUT2D eigenvalue weighted by molar-refractivity contribution is 14.1. The van der Waals surface area contributed by atoms with E-state index in [2.05, 4.69) is 32.0 Å². The van der Waals surface area contributed by atoms with Gasteiger partial charge in [-0.15, -0.1) is 0 Å². The van der Waals surface area contributed by atoms with Gasteiger partial charge in [0.05, 0.1) is 0 Å². The lowest BCUT2D eigenvalue weighted by molar-refractivity contribution is 0.665. The van der Waals surface area contributed by atoms with Gasteiger partial charge in [0.25, 0.3) is 0 Å². The van der Waals surface area contributed by atoms with Crippen molar-refractivity contribution in [2.75, 3.05) is 19.6 Å². The van der Waals surface area contributed by atoms with E-state index in [1.807, 2.05) is 0 Å². The molecule has 3 heteroatoms. The molecule has 1 heterocycles. The first kappa shape index (κ1) is 7.50. The molecule has 0 radical (unpaired) electrons. The fourth-order valence-corrected chi connectivity index (χ4v) is 1.76. The predicted molar refractivity (Wildman–Crippen MR) is 47.5 cm³/mol. The Balaban J connectivity index is 2.52. The van der Waals surface area contributed by atoms with Crippen LogP contribution in [0.3, 0.4) is 0 Å². The topological polar surface area (TPSA) is 38.0 Å². The van der Waals surface area contributed by atoms with Gasteiger partial charge in [0.2, 0.25) is 0 Å². The van der Waals surface area contributed by atoms with Crippen LogP contribution in [0.2, 0.25) is 0 Å². The minimum Gasteiger partial charge on any atom is -0.330 e. The molecule has 1 unspecified atom stereocenters. The summed E-state index contributed by atoms with van der Waals surface area (Å²) in [6.07, 6.45) is 0. The van der Waals surface area contributed by atoms with E-state index in [9.17, 15) is 0 Å². The second-order valence-electron chi connectivity index (χ2n) is 2.25. The molecular formula is C6H11IN2. The van der Waals surface area contributed by atoms with E-state index in [0.29, 0.717) is 5.92 Å². The summed E-state index contributed by atoms with van der Waals surface area (Å²) < 4.78 is 2.13. The summed E-state index contributed by atoms with van der Waals surface area (Å²) in [5.41, 5.74) is 6.97. The van der Waals surface area contributed by atoms with Crippen LogP contribution >= 0.6 is 22.6 Å². The van der Waals surface area contributed by atoms with Gasteiger partial charge in [-0.3, -0.25) is 0 Å². The quantitative estimate of drug-likeness (QED) is 0.652. The van der Waals surface area contributed by atoms with Crippen LogP contribution in [0.25, 0.3) is 0 Å². The zero-order valence-electron chi connectivity index (χ0n) is 5.23. The second kappa shape index (κ2) is 3.53. The van der Waals surface area contributed by atoms with Crippen molar-refractivity contribution >= 4 is 22.6 Å². The molecule has 1 atom stereocenters. The maximum Gasteiger partial charge on any atom is 0.0176 e. The van der Waals surface area contributed by atoms with Crippen molar-refractivity contribution in [3.63, 3.8) is 0 Å². The van der Waals surface area contributed by atoms with E-state index in [-0.39, 0.29) is 0 Å². The third kappa shape index (κ3) is 1.65. The summed E-state index contributed by atoms with van der Waals surface area (Å²) in [7, 11) is 0. The van der Waals surface area contributed by atoms with Crippen LogP contribution in [0.5, 0.6) is 0 Å². The van der Waals surface area contributed by atoms with Crippen molar-refractivity contribution in [1.29, 1.82) is 0 Å². The summed E-state index contributed by atoms with van der Waals surface area (Å²) in [6, 6.07) is 0. The van der Waals surface area contributed by atoms with Crippen molar-refractivity contribution in [2.45, 2.75) is 0 Å². The van der Waals surface area contributed by atoms with Crippen molar-refractivity contribution in [2.24, 2.45) is 11.7 Å². The molecule has 0 aromatic carbocycles. The van der Waals surface area contributed by atoms with Crippen LogP contribution in [0.1, 0.15) is 0 Å². The summed E-state index contributed by atoms with van der Waals surface area (Å²) in [4.78, 5) is 0. The van der Waals surface area contributed by atoms with Crippen LogP contribution in [0.15, 0.2) is 9.66 Å². The van der Waals surface area contributed by atoms with E-state index >= 15 is 0 Å². The molecule has 0 saturated carbocycles. The predicted octanol–water partition coefficient (Wildman–Crippen LogP) is 0.483. The minimum absolute atomic E-state index is 0.599. The number of nitrogens with two attached hydrogens (primary N) is 1. The number of halogens is 1.